The normalized spacial score (nSPS) is 15.3. The van der Waals surface area contributed by atoms with E-state index in [-0.39, 0.29) is 0 Å². The largest absolute Gasteiger partial charge is 0.465 e. The summed E-state index contributed by atoms with van der Waals surface area (Å²) in [5.41, 5.74) is 7.59. The maximum Gasteiger partial charge on any atom is 0.189 e. The fraction of sp³-hybridized carbons (Fsp3) is 0.500. The van der Waals surface area contributed by atoms with Crippen molar-refractivity contribution in [2.45, 2.75) is 19.8 Å². The van der Waals surface area contributed by atoms with E-state index >= 15 is 0 Å². The topological polar surface area (TPSA) is 44.5 Å². The zero-order chi connectivity index (χ0) is 10.7. The fourth-order valence-electron chi connectivity index (χ4n) is 1.38. The van der Waals surface area contributed by atoms with Gasteiger partial charge in [0.25, 0.3) is 0 Å². The highest BCUT2D eigenvalue weighted by atomic mass is 16.7. The molecule has 0 bridgehead atoms. The van der Waals surface area contributed by atoms with Gasteiger partial charge in [0.2, 0.25) is 0 Å². The average Bonchev–Trinajstić information content (AvgIpc) is 3.02. The van der Waals surface area contributed by atoms with Crippen LogP contribution in [-0.2, 0) is 4.74 Å². The van der Waals surface area contributed by atoms with Crippen LogP contribution < -0.4 is 10.5 Å². The average molecular weight is 207 g/mol. The standard InChI is InChI=1S/C12H17NO2/c1-9-3-2-4-11(12(9)13)15-8-14-7-10-5-6-10/h2-4,10H,5-8,13H2,1H3. The molecule has 3 nitrogen and oxygen atoms in total. The van der Waals surface area contributed by atoms with Gasteiger partial charge in [-0.2, -0.15) is 0 Å². The lowest BCUT2D eigenvalue weighted by atomic mass is 10.2. The molecule has 0 heterocycles. The highest BCUT2D eigenvalue weighted by molar-refractivity contribution is 5.57. The Morgan fingerprint density at radius 3 is 2.93 bits per heavy atom. The van der Waals surface area contributed by atoms with E-state index in [0.29, 0.717) is 18.2 Å². The Morgan fingerprint density at radius 1 is 1.40 bits per heavy atom. The third kappa shape index (κ3) is 2.86. The summed E-state index contributed by atoms with van der Waals surface area (Å²) in [5, 5.41) is 0. The first-order valence-corrected chi connectivity index (χ1v) is 5.33. The quantitative estimate of drug-likeness (QED) is 0.458. The first kappa shape index (κ1) is 10.3. The molecule has 0 amide bonds. The van der Waals surface area contributed by atoms with E-state index in [2.05, 4.69) is 0 Å². The summed E-state index contributed by atoms with van der Waals surface area (Å²) < 4.78 is 10.8. The van der Waals surface area contributed by atoms with Gasteiger partial charge in [-0.1, -0.05) is 12.1 Å². The summed E-state index contributed by atoms with van der Waals surface area (Å²) in [6.45, 7) is 3.07. The van der Waals surface area contributed by atoms with Gasteiger partial charge >= 0.3 is 0 Å². The zero-order valence-electron chi connectivity index (χ0n) is 9.03. The van der Waals surface area contributed by atoms with Gasteiger partial charge < -0.3 is 15.2 Å². The van der Waals surface area contributed by atoms with Gasteiger partial charge in [0.1, 0.15) is 5.75 Å². The van der Waals surface area contributed by atoms with Crippen molar-refractivity contribution in [2.75, 3.05) is 19.1 Å². The van der Waals surface area contributed by atoms with Crippen LogP contribution in [0.4, 0.5) is 5.69 Å². The Balaban J connectivity index is 1.78. The van der Waals surface area contributed by atoms with E-state index in [1.807, 2.05) is 25.1 Å². The Kier molecular flexibility index (Phi) is 3.11. The molecular formula is C12H17NO2. The molecule has 0 aliphatic heterocycles. The molecule has 0 atom stereocenters. The highest BCUT2D eigenvalue weighted by Gasteiger charge is 2.21. The molecule has 1 fully saturated rings. The SMILES string of the molecule is Cc1cccc(OCOCC2CC2)c1N. The van der Waals surface area contributed by atoms with Gasteiger partial charge in [0, 0.05) is 0 Å². The number of anilines is 1. The number of hydrogen-bond donors (Lipinski definition) is 1. The van der Waals surface area contributed by atoms with Crippen molar-refractivity contribution in [3.63, 3.8) is 0 Å². The van der Waals surface area contributed by atoms with E-state index in [1.165, 1.54) is 12.8 Å². The van der Waals surface area contributed by atoms with Crippen LogP contribution in [0.15, 0.2) is 18.2 Å². The highest BCUT2D eigenvalue weighted by Crippen LogP contribution is 2.29. The molecule has 1 aliphatic carbocycles. The Hall–Kier alpha value is -1.22. The number of rotatable bonds is 5. The molecule has 2 N–H and O–H groups in total. The number of nitrogens with two attached hydrogens (primary N) is 1. The minimum absolute atomic E-state index is 0.296. The van der Waals surface area contributed by atoms with Crippen LogP contribution in [0.5, 0.6) is 5.75 Å². The van der Waals surface area contributed by atoms with Gasteiger partial charge in [0.15, 0.2) is 6.79 Å². The lowest BCUT2D eigenvalue weighted by Gasteiger charge is -2.10. The van der Waals surface area contributed by atoms with Crippen LogP contribution >= 0.6 is 0 Å². The summed E-state index contributed by atoms with van der Waals surface area (Å²) in [4.78, 5) is 0. The first-order chi connectivity index (χ1) is 7.27. The number of ether oxygens (including phenoxy) is 2. The predicted octanol–water partition coefficient (Wildman–Crippen LogP) is 2.34. The number of aryl methyl sites for hydroxylation is 1. The van der Waals surface area contributed by atoms with Gasteiger partial charge in [-0.25, -0.2) is 0 Å². The molecule has 1 aromatic rings. The summed E-state index contributed by atoms with van der Waals surface area (Å²) >= 11 is 0. The van der Waals surface area contributed by atoms with Gasteiger partial charge in [-0.3, -0.25) is 0 Å². The molecular weight excluding hydrogens is 190 g/mol. The van der Waals surface area contributed by atoms with Crippen LogP contribution in [-0.4, -0.2) is 13.4 Å². The van der Waals surface area contributed by atoms with Crippen molar-refractivity contribution in [2.24, 2.45) is 5.92 Å². The summed E-state index contributed by atoms with van der Waals surface area (Å²) in [6.07, 6.45) is 2.60. The molecule has 0 spiro atoms. The Labute approximate surface area is 90.2 Å². The zero-order valence-corrected chi connectivity index (χ0v) is 9.03. The molecule has 3 heteroatoms. The van der Waals surface area contributed by atoms with E-state index in [9.17, 15) is 0 Å². The molecule has 1 aliphatic rings. The minimum Gasteiger partial charge on any atom is -0.465 e. The lowest BCUT2D eigenvalue weighted by Crippen LogP contribution is -2.06. The molecule has 0 radical (unpaired) electrons. The molecule has 82 valence electrons. The second-order valence-electron chi connectivity index (χ2n) is 4.06. The van der Waals surface area contributed by atoms with E-state index in [1.54, 1.807) is 0 Å². The molecule has 0 saturated heterocycles. The Morgan fingerprint density at radius 2 is 2.20 bits per heavy atom. The molecule has 15 heavy (non-hydrogen) atoms. The van der Waals surface area contributed by atoms with Crippen LogP contribution in [0, 0.1) is 12.8 Å². The maximum absolute atomic E-state index is 5.86. The summed E-state index contributed by atoms with van der Waals surface area (Å²) in [6, 6.07) is 5.76. The number of benzene rings is 1. The van der Waals surface area contributed by atoms with Crippen molar-refractivity contribution in [3.8, 4) is 5.75 Å². The van der Waals surface area contributed by atoms with Gasteiger partial charge in [-0.05, 0) is 37.3 Å². The number of nitrogen functional groups attached to an aromatic ring is 1. The Bertz CT molecular complexity index is 334. The monoisotopic (exact) mass is 207 g/mol. The minimum atomic E-state index is 0.296. The number of hydrogen-bond acceptors (Lipinski definition) is 3. The molecule has 0 unspecified atom stereocenters. The van der Waals surface area contributed by atoms with E-state index in [4.69, 9.17) is 15.2 Å². The summed E-state index contributed by atoms with van der Waals surface area (Å²) in [7, 11) is 0. The van der Waals surface area contributed by atoms with Crippen LogP contribution in [0.1, 0.15) is 18.4 Å². The van der Waals surface area contributed by atoms with Crippen LogP contribution in [0.2, 0.25) is 0 Å². The van der Waals surface area contributed by atoms with Crippen LogP contribution in [0.25, 0.3) is 0 Å². The third-order valence-electron chi connectivity index (χ3n) is 2.63. The van der Waals surface area contributed by atoms with E-state index in [0.717, 1.165) is 18.1 Å². The number of para-hydroxylation sites is 1. The van der Waals surface area contributed by atoms with Gasteiger partial charge in [0.05, 0.1) is 12.3 Å². The molecule has 1 saturated carbocycles. The van der Waals surface area contributed by atoms with Crippen molar-refractivity contribution in [3.05, 3.63) is 23.8 Å². The van der Waals surface area contributed by atoms with Gasteiger partial charge in [-0.15, -0.1) is 0 Å². The van der Waals surface area contributed by atoms with Crippen molar-refractivity contribution in [1.82, 2.24) is 0 Å². The third-order valence-corrected chi connectivity index (χ3v) is 2.63. The first-order valence-electron chi connectivity index (χ1n) is 5.33. The second-order valence-corrected chi connectivity index (χ2v) is 4.06. The van der Waals surface area contributed by atoms with Crippen LogP contribution in [0.3, 0.4) is 0 Å². The molecule has 0 aromatic heterocycles. The van der Waals surface area contributed by atoms with E-state index < -0.39 is 0 Å². The predicted molar refractivity (Wildman–Crippen MR) is 59.8 cm³/mol. The van der Waals surface area contributed by atoms with Crippen molar-refractivity contribution >= 4 is 5.69 Å². The molecule has 1 aromatic carbocycles. The van der Waals surface area contributed by atoms with Crippen molar-refractivity contribution in [1.29, 1.82) is 0 Å². The smallest absolute Gasteiger partial charge is 0.189 e. The lowest BCUT2D eigenvalue weighted by molar-refractivity contribution is 0.0104. The summed E-state index contributed by atoms with van der Waals surface area (Å²) in [5.74, 6) is 1.48. The van der Waals surface area contributed by atoms with Crippen molar-refractivity contribution < 1.29 is 9.47 Å². The second kappa shape index (κ2) is 4.53. The maximum atomic E-state index is 5.86. The molecule has 2 rings (SSSR count). The fourth-order valence-corrected chi connectivity index (χ4v) is 1.38.